The molecule has 0 unspecified atom stereocenters. The van der Waals surface area contributed by atoms with E-state index in [4.69, 9.17) is 4.74 Å². The Morgan fingerprint density at radius 1 is 1.47 bits per heavy atom. The summed E-state index contributed by atoms with van der Waals surface area (Å²) in [6.45, 7) is 7.25. The number of hydrogen-bond acceptors (Lipinski definition) is 3. The molecule has 0 aromatic rings. The highest BCUT2D eigenvalue weighted by Crippen LogP contribution is 2.45. The Hall–Kier alpha value is -1.52. The molecule has 0 aromatic heterocycles. The van der Waals surface area contributed by atoms with Crippen molar-refractivity contribution >= 4 is 12.1 Å². The third-order valence-electron chi connectivity index (χ3n) is 3.86. The molecule has 0 aromatic carbocycles. The van der Waals surface area contributed by atoms with Crippen molar-refractivity contribution in [2.45, 2.75) is 64.1 Å². The number of fused-ring (bicyclic) bond motifs is 2. The summed E-state index contributed by atoms with van der Waals surface area (Å²) in [6.07, 6.45) is 3.43. The standard InChI is InChI=1S/C14H21NO4/c1-13(2,3)19-12(18)15-9-5-6-10(11(16)17)14(15,4)8-7-9/h6,9H,5,7-8H2,1-4H3,(H,16,17)/t9-,14-/m1/s1. The zero-order valence-corrected chi connectivity index (χ0v) is 11.9. The van der Waals surface area contributed by atoms with Gasteiger partial charge in [0, 0.05) is 6.04 Å². The van der Waals surface area contributed by atoms with Crippen LogP contribution in [0.5, 0.6) is 0 Å². The van der Waals surface area contributed by atoms with Crippen LogP contribution in [0.25, 0.3) is 0 Å². The topological polar surface area (TPSA) is 66.8 Å². The average molecular weight is 267 g/mol. The molecule has 2 bridgehead atoms. The van der Waals surface area contributed by atoms with Crippen LogP contribution in [0.3, 0.4) is 0 Å². The van der Waals surface area contributed by atoms with E-state index in [0.29, 0.717) is 18.4 Å². The number of carbonyl (C=O) groups is 2. The number of aliphatic carboxylic acids is 1. The van der Waals surface area contributed by atoms with Gasteiger partial charge in [-0.05, 0) is 47.0 Å². The predicted molar refractivity (Wildman–Crippen MR) is 69.8 cm³/mol. The Labute approximate surface area is 113 Å². The van der Waals surface area contributed by atoms with Gasteiger partial charge in [-0.2, -0.15) is 0 Å². The molecule has 2 aliphatic heterocycles. The van der Waals surface area contributed by atoms with Gasteiger partial charge in [-0.15, -0.1) is 0 Å². The Balaban J connectivity index is 2.30. The number of carbonyl (C=O) groups excluding carboxylic acids is 1. The Morgan fingerprint density at radius 3 is 2.63 bits per heavy atom. The number of ether oxygens (including phenoxy) is 1. The summed E-state index contributed by atoms with van der Waals surface area (Å²) in [5.41, 5.74) is -0.999. The summed E-state index contributed by atoms with van der Waals surface area (Å²) >= 11 is 0. The van der Waals surface area contributed by atoms with Crippen LogP contribution in [0.4, 0.5) is 4.79 Å². The van der Waals surface area contributed by atoms with E-state index in [1.807, 2.05) is 27.7 Å². The molecule has 1 fully saturated rings. The Kier molecular flexibility index (Phi) is 3.11. The molecule has 0 spiro atoms. The summed E-state index contributed by atoms with van der Waals surface area (Å²) < 4.78 is 5.42. The lowest BCUT2D eigenvalue weighted by molar-refractivity contribution is -0.134. The van der Waals surface area contributed by atoms with Gasteiger partial charge in [0.05, 0.1) is 11.1 Å². The molecule has 2 atom stereocenters. The zero-order valence-electron chi connectivity index (χ0n) is 11.9. The molecule has 1 saturated heterocycles. The predicted octanol–water partition coefficient (Wildman–Crippen LogP) is 2.56. The van der Waals surface area contributed by atoms with E-state index in [9.17, 15) is 14.7 Å². The largest absolute Gasteiger partial charge is 0.478 e. The molecule has 0 aliphatic carbocycles. The van der Waals surface area contributed by atoms with Crippen molar-refractivity contribution in [3.05, 3.63) is 11.6 Å². The van der Waals surface area contributed by atoms with E-state index in [0.717, 1.165) is 6.42 Å². The summed E-state index contributed by atoms with van der Waals surface area (Å²) in [5, 5.41) is 9.31. The summed E-state index contributed by atoms with van der Waals surface area (Å²) in [5.74, 6) is -0.948. The minimum atomic E-state index is -0.948. The van der Waals surface area contributed by atoms with Crippen molar-refractivity contribution in [3.8, 4) is 0 Å². The monoisotopic (exact) mass is 267 g/mol. The average Bonchev–Trinajstić information content (AvgIpc) is 2.44. The SMILES string of the molecule is CC(C)(C)OC(=O)N1[C@@H]2CC=C(C(=O)O)[C@@]1(C)CC2. The molecule has 5 nitrogen and oxygen atoms in total. The summed E-state index contributed by atoms with van der Waals surface area (Å²) in [6, 6.07) is 0.0583. The van der Waals surface area contributed by atoms with Gasteiger partial charge < -0.3 is 9.84 Å². The van der Waals surface area contributed by atoms with Crippen LogP contribution >= 0.6 is 0 Å². The fourth-order valence-corrected chi connectivity index (χ4v) is 3.04. The molecule has 106 valence electrons. The van der Waals surface area contributed by atoms with Crippen LogP contribution in [0.2, 0.25) is 0 Å². The van der Waals surface area contributed by atoms with Crippen molar-refractivity contribution < 1.29 is 19.4 Å². The maximum atomic E-state index is 12.3. The second-order valence-electron chi connectivity index (χ2n) is 6.48. The molecular formula is C14H21NO4. The number of carboxylic acids is 1. The second-order valence-corrected chi connectivity index (χ2v) is 6.48. The van der Waals surface area contributed by atoms with Gasteiger partial charge in [-0.3, -0.25) is 4.90 Å². The number of hydrogen-bond donors (Lipinski definition) is 1. The van der Waals surface area contributed by atoms with E-state index < -0.39 is 23.2 Å². The van der Waals surface area contributed by atoms with E-state index in [1.54, 1.807) is 11.0 Å². The van der Waals surface area contributed by atoms with Crippen molar-refractivity contribution in [2.24, 2.45) is 0 Å². The highest BCUT2D eigenvalue weighted by molar-refractivity contribution is 5.91. The van der Waals surface area contributed by atoms with Crippen molar-refractivity contribution in [2.75, 3.05) is 0 Å². The second kappa shape index (κ2) is 4.25. The first kappa shape index (κ1) is 13.9. The molecule has 1 amide bonds. The normalized spacial score (nSPS) is 30.0. The number of rotatable bonds is 1. The number of carboxylic acid groups (broad SMARTS) is 1. The van der Waals surface area contributed by atoms with Gasteiger partial charge in [0.25, 0.3) is 0 Å². The van der Waals surface area contributed by atoms with Gasteiger partial charge >= 0.3 is 12.1 Å². The van der Waals surface area contributed by atoms with Gasteiger partial charge in [-0.25, -0.2) is 9.59 Å². The van der Waals surface area contributed by atoms with E-state index in [-0.39, 0.29) is 6.04 Å². The van der Waals surface area contributed by atoms with Crippen molar-refractivity contribution in [3.63, 3.8) is 0 Å². The molecule has 19 heavy (non-hydrogen) atoms. The molecule has 5 heteroatoms. The van der Waals surface area contributed by atoms with E-state index in [1.165, 1.54) is 0 Å². The van der Waals surface area contributed by atoms with Crippen molar-refractivity contribution in [1.82, 2.24) is 4.90 Å². The highest BCUT2D eigenvalue weighted by Gasteiger charge is 2.53. The Morgan fingerprint density at radius 2 is 2.11 bits per heavy atom. The van der Waals surface area contributed by atoms with Gasteiger partial charge in [0.15, 0.2) is 0 Å². The zero-order chi connectivity index (χ0) is 14.4. The molecule has 1 N–H and O–H groups in total. The van der Waals surface area contributed by atoms with Crippen LogP contribution in [-0.4, -0.2) is 39.3 Å². The van der Waals surface area contributed by atoms with Crippen LogP contribution in [-0.2, 0) is 9.53 Å². The van der Waals surface area contributed by atoms with Crippen molar-refractivity contribution in [1.29, 1.82) is 0 Å². The van der Waals surface area contributed by atoms with Crippen LogP contribution in [0.1, 0.15) is 47.0 Å². The van der Waals surface area contributed by atoms with E-state index in [2.05, 4.69) is 0 Å². The number of nitrogens with zero attached hydrogens (tertiary/aromatic N) is 1. The van der Waals surface area contributed by atoms with Crippen LogP contribution < -0.4 is 0 Å². The summed E-state index contributed by atoms with van der Waals surface area (Å²) in [4.78, 5) is 25.3. The molecular weight excluding hydrogens is 246 g/mol. The molecule has 2 rings (SSSR count). The van der Waals surface area contributed by atoms with Crippen LogP contribution in [0, 0.1) is 0 Å². The maximum absolute atomic E-state index is 12.3. The van der Waals surface area contributed by atoms with E-state index >= 15 is 0 Å². The first-order valence-electron chi connectivity index (χ1n) is 6.61. The van der Waals surface area contributed by atoms with Crippen LogP contribution in [0.15, 0.2) is 11.6 Å². The minimum Gasteiger partial charge on any atom is -0.478 e. The third-order valence-corrected chi connectivity index (χ3v) is 3.86. The summed E-state index contributed by atoms with van der Waals surface area (Å²) in [7, 11) is 0. The minimum absolute atomic E-state index is 0.0583. The molecule has 2 aliphatic rings. The smallest absolute Gasteiger partial charge is 0.411 e. The molecule has 2 heterocycles. The van der Waals surface area contributed by atoms with Gasteiger partial charge in [-0.1, -0.05) is 6.08 Å². The lowest BCUT2D eigenvalue weighted by atomic mass is 9.87. The first-order valence-corrected chi connectivity index (χ1v) is 6.61. The van der Waals surface area contributed by atoms with Gasteiger partial charge in [0.2, 0.25) is 0 Å². The highest BCUT2D eigenvalue weighted by atomic mass is 16.6. The first-order chi connectivity index (χ1) is 8.65. The fourth-order valence-electron chi connectivity index (χ4n) is 3.04. The van der Waals surface area contributed by atoms with Gasteiger partial charge in [0.1, 0.15) is 5.60 Å². The fraction of sp³-hybridized carbons (Fsp3) is 0.714. The molecule has 0 radical (unpaired) electrons. The maximum Gasteiger partial charge on any atom is 0.411 e. The lowest BCUT2D eigenvalue weighted by Crippen LogP contribution is -2.54. The quantitative estimate of drug-likeness (QED) is 0.793. The Bertz CT molecular complexity index is 449. The third kappa shape index (κ3) is 2.33. The molecule has 0 saturated carbocycles. The number of amides is 1. The lowest BCUT2D eigenvalue weighted by Gasteiger charge is -2.42.